The maximum absolute atomic E-state index is 12.3. The first kappa shape index (κ1) is 19.5. The summed E-state index contributed by atoms with van der Waals surface area (Å²) in [7, 11) is 1.46. The van der Waals surface area contributed by atoms with Crippen molar-refractivity contribution < 1.29 is 14.5 Å². The smallest absolute Gasteiger partial charge is 0.269 e. The van der Waals surface area contributed by atoms with Crippen molar-refractivity contribution in [1.82, 2.24) is 5.32 Å². The molecule has 0 atom stereocenters. The third-order valence-corrected chi connectivity index (χ3v) is 4.22. The van der Waals surface area contributed by atoms with Crippen LogP contribution in [-0.2, 0) is 6.42 Å². The molecule has 2 rings (SSSR count). The van der Waals surface area contributed by atoms with Gasteiger partial charge in [-0.05, 0) is 30.9 Å². The number of aryl methyl sites for hydroxylation is 1. The highest BCUT2D eigenvalue weighted by molar-refractivity contribution is 6.33. The number of unbranched alkanes of at least 4 members (excludes halogenated alkanes) is 1. The van der Waals surface area contributed by atoms with E-state index in [4.69, 9.17) is 22.1 Å². The predicted octanol–water partition coefficient (Wildman–Crippen LogP) is 3.59. The molecule has 138 valence electrons. The average molecular weight is 378 g/mol. The Morgan fingerprint density at radius 1 is 1.27 bits per heavy atom. The Morgan fingerprint density at radius 3 is 2.58 bits per heavy atom. The summed E-state index contributed by atoms with van der Waals surface area (Å²) in [6.45, 7) is 0.497. The van der Waals surface area contributed by atoms with Gasteiger partial charge in [-0.3, -0.25) is 14.9 Å². The standard InChI is InChI=1S/C18H20ClN3O4/c1-26-17-11-16(20)15(19)10-14(17)18(23)21-9-3-2-4-12-5-7-13(8-6-12)22(24)25/h5-8,10-11H,2-4,9,20H2,1H3,(H,21,23). The number of hydrogen-bond donors (Lipinski definition) is 2. The third-order valence-electron chi connectivity index (χ3n) is 3.89. The van der Waals surface area contributed by atoms with E-state index in [1.54, 1.807) is 12.1 Å². The van der Waals surface area contributed by atoms with Crippen molar-refractivity contribution in [1.29, 1.82) is 0 Å². The van der Waals surface area contributed by atoms with E-state index in [2.05, 4.69) is 5.32 Å². The molecular formula is C18H20ClN3O4. The molecule has 26 heavy (non-hydrogen) atoms. The summed E-state index contributed by atoms with van der Waals surface area (Å²) in [6, 6.07) is 9.49. The van der Waals surface area contributed by atoms with Crippen molar-refractivity contribution in [2.24, 2.45) is 0 Å². The number of benzene rings is 2. The van der Waals surface area contributed by atoms with Crippen LogP contribution in [0.2, 0.25) is 5.02 Å². The van der Waals surface area contributed by atoms with E-state index >= 15 is 0 Å². The molecule has 0 aromatic heterocycles. The Morgan fingerprint density at radius 2 is 1.96 bits per heavy atom. The molecule has 0 spiro atoms. The summed E-state index contributed by atoms with van der Waals surface area (Å²) in [6.07, 6.45) is 2.40. The van der Waals surface area contributed by atoms with Crippen LogP contribution in [0.1, 0.15) is 28.8 Å². The van der Waals surface area contributed by atoms with Crippen molar-refractivity contribution in [2.75, 3.05) is 19.4 Å². The van der Waals surface area contributed by atoms with Gasteiger partial charge in [-0.15, -0.1) is 0 Å². The molecular weight excluding hydrogens is 358 g/mol. The van der Waals surface area contributed by atoms with Gasteiger partial charge in [0.1, 0.15) is 5.75 Å². The Hall–Kier alpha value is -2.80. The van der Waals surface area contributed by atoms with Crippen LogP contribution in [-0.4, -0.2) is 24.5 Å². The number of nitrogens with two attached hydrogens (primary N) is 1. The second-order valence-corrected chi connectivity index (χ2v) is 6.12. The Balaban J connectivity index is 1.80. The number of carbonyl (C=O) groups is 1. The van der Waals surface area contributed by atoms with Gasteiger partial charge in [0.25, 0.3) is 11.6 Å². The van der Waals surface area contributed by atoms with Gasteiger partial charge in [0, 0.05) is 24.7 Å². The van der Waals surface area contributed by atoms with Gasteiger partial charge in [-0.25, -0.2) is 0 Å². The van der Waals surface area contributed by atoms with Crippen LogP contribution in [0, 0.1) is 10.1 Å². The minimum absolute atomic E-state index is 0.0807. The number of non-ortho nitro benzene ring substituents is 1. The minimum atomic E-state index is -0.420. The third kappa shape index (κ3) is 5.10. The predicted molar refractivity (Wildman–Crippen MR) is 101 cm³/mol. The van der Waals surface area contributed by atoms with Gasteiger partial charge >= 0.3 is 0 Å². The van der Waals surface area contributed by atoms with E-state index in [0.717, 1.165) is 24.8 Å². The topological polar surface area (TPSA) is 107 Å². The number of carbonyl (C=O) groups excluding carboxylic acids is 1. The van der Waals surface area contributed by atoms with Crippen molar-refractivity contribution in [2.45, 2.75) is 19.3 Å². The maximum atomic E-state index is 12.3. The molecule has 0 radical (unpaired) electrons. The molecule has 1 amide bonds. The largest absolute Gasteiger partial charge is 0.496 e. The number of anilines is 1. The molecule has 3 N–H and O–H groups in total. The maximum Gasteiger partial charge on any atom is 0.269 e. The number of rotatable bonds is 8. The van der Waals surface area contributed by atoms with E-state index in [-0.39, 0.29) is 11.6 Å². The molecule has 7 nitrogen and oxygen atoms in total. The molecule has 0 fully saturated rings. The molecule has 0 unspecified atom stereocenters. The fourth-order valence-corrected chi connectivity index (χ4v) is 2.61. The van der Waals surface area contributed by atoms with Gasteiger partial charge in [0.2, 0.25) is 0 Å². The van der Waals surface area contributed by atoms with Crippen LogP contribution in [0.25, 0.3) is 0 Å². The lowest BCUT2D eigenvalue weighted by molar-refractivity contribution is -0.384. The molecule has 0 aliphatic carbocycles. The van der Waals surface area contributed by atoms with Crippen molar-refractivity contribution >= 4 is 28.9 Å². The van der Waals surface area contributed by atoms with Gasteiger partial charge in [0.15, 0.2) is 0 Å². The van der Waals surface area contributed by atoms with Crippen LogP contribution in [0.4, 0.5) is 11.4 Å². The zero-order valence-corrected chi connectivity index (χ0v) is 15.1. The fraction of sp³-hybridized carbons (Fsp3) is 0.278. The summed E-state index contributed by atoms with van der Waals surface area (Å²) in [5.74, 6) is 0.0920. The fourth-order valence-electron chi connectivity index (χ4n) is 2.45. The SMILES string of the molecule is COc1cc(N)c(Cl)cc1C(=O)NCCCCc1ccc([N+](=O)[O-])cc1. The molecule has 2 aromatic rings. The summed E-state index contributed by atoms with van der Waals surface area (Å²) in [4.78, 5) is 22.5. The number of methoxy groups -OCH3 is 1. The Labute approximate surface area is 156 Å². The molecule has 0 aliphatic rings. The number of nitrogens with zero attached hydrogens (tertiary/aromatic N) is 1. The second kappa shape index (κ2) is 9.05. The lowest BCUT2D eigenvalue weighted by atomic mass is 10.1. The lowest BCUT2D eigenvalue weighted by Gasteiger charge is -2.11. The number of halogens is 1. The normalized spacial score (nSPS) is 10.4. The minimum Gasteiger partial charge on any atom is -0.496 e. The number of nitro groups is 1. The quantitative estimate of drug-likeness (QED) is 0.316. The van der Waals surface area contributed by atoms with E-state index in [1.165, 1.54) is 31.4 Å². The van der Waals surface area contributed by atoms with Gasteiger partial charge < -0.3 is 15.8 Å². The Kier molecular flexibility index (Phi) is 6.80. The average Bonchev–Trinajstić information content (AvgIpc) is 2.63. The molecule has 0 bridgehead atoms. The van der Waals surface area contributed by atoms with Gasteiger partial charge in [-0.1, -0.05) is 23.7 Å². The lowest BCUT2D eigenvalue weighted by Crippen LogP contribution is -2.25. The van der Waals surface area contributed by atoms with Crippen LogP contribution in [0.15, 0.2) is 36.4 Å². The summed E-state index contributed by atoms with van der Waals surface area (Å²) < 4.78 is 5.17. The molecule has 0 saturated heterocycles. The number of nitrogen functional groups attached to an aromatic ring is 1. The molecule has 0 saturated carbocycles. The van der Waals surface area contributed by atoms with Gasteiger partial charge in [0.05, 0.1) is 28.3 Å². The van der Waals surface area contributed by atoms with Crippen molar-refractivity contribution in [3.05, 3.63) is 62.7 Å². The van der Waals surface area contributed by atoms with E-state index < -0.39 is 4.92 Å². The zero-order chi connectivity index (χ0) is 19.1. The van der Waals surface area contributed by atoms with Crippen LogP contribution in [0.3, 0.4) is 0 Å². The Bertz CT molecular complexity index is 794. The van der Waals surface area contributed by atoms with E-state index in [0.29, 0.717) is 28.6 Å². The highest BCUT2D eigenvalue weighted by Crippen LogP contribution is 2.28. The number of nitrogens with one attached hydrogen (secondary N) is 1. The van der Waals surface area contributed by atoms with E-state index in [9.17, 15) is 14.9 Å². The van der Waals surface area contributed by atoms with Crippen molar-refractivity contribution in [3.63, 3.8) is 0 Å². The zero-order valence-electron chi connectivity index (χ0n) is 14.3. The molecule has 0 heterocycles. The highest BCUT2D eigenvalue weighted by Gasteiger charge is 2.14. The van der Waals surface area contributed by atoms with Crippen molar-refractivity contribution in [3.8, 4) is 5.75 Å². The first-order valence-corrected chi connectivity index (χ1v) is 8.44. The number of nitro benzene ring substituents is 1. The number of amides is 1. The second-order valence-electron chi connectivity index (χ2n) is 5.71. The number of ether oxygens (including phenoxy) is 1. The summed E-state index contributed by atoms with van der Waals surface area (Å²) in [5.41, 5.74) is 7.49. The summed E-state index contributed by atoms with van der Waals surface area (Å²) in [5, 5.41) is 13.7. The number of hydrogen-bond acceptors (Lipinski definition) is 5. The molecule has 8 heteroatoms. The first-order chi connectivity index (χ1) is 12.4. The molecule has 0 aliphatic heterocycles. The van der Waals surface area contributed by atoms with Crippen LogP contribution < -0.4 is 15.8 Å². The summed E-state index contributed by atoms with van der Waals surface area (Å²) >= 11 is 5.97. The van der Waals surface area contributed by atoms with Gasteiger partial charge in [-0.2, -0.15) is 0 Å². The first-order valence-electron chi connectivity index (χ1n) is 8.07. The van der Waals surface area contributed by atoms with Crippen LogP contribution in [0.5, 0.6) is 5.75 Å². The monoisotopic (exact) mass is 377 g/mol. The van der Waals surface area contributed by atoms with E-state index in [1.807, 2.05) is 0 Å². The highest BCUT2D eigenvalue weighted by atomic mass is 35.5. The van der Waals surface area contributed by atoms with Crippen LogP contribution >= 0.6 is 11.6 Å². The molecule has 2 aromatic carbocycles.